The summed E-state index contributed by atoms with van der Waals surface area (Å²) in [7, 11) is -0.845. The van der Waals surface area contributed by atoms with Crippen LogP contribution >= 0.6 is 0 Å². The molecule has 1 amide bonds. The molecule has 19 heavy (non-hydrogen) atoms. The fourth-order valence-electron chi connectivity index (χ4n) is 3.36. The molecule has 1 aromatic carbocycles. The molecule has 2 nitrogen and oxygen atoms in total. The van der Waals surface area contributed by atoms with E-state index >= 15 is 0 Å². The van der Waals surface area contributed by atoms with Crippen LogP contribution in [0, 0.1) is 0 Å². The second kappa shape index (κ2) is 5.63. The van der Waals surface area contributed by atoms with E-state index < -0.39 is 16.1 Å². The van der Waals surface area contributed by atoms with Crippen LogP contribution in [-0.4, -0.2) is 39.3 Å². The molecule has 1 rings (SSSR count). The summed E-state index contributed by atoms with van der Waals surface area (Å²) in [6, 6.07) is 9.62. The molecule has 0 spiro atoms. The Morgan fingerprint density at radius 2 is 1.37 bits per heavy atom. The van der Waals surface area contributed by atoms with Crippen molar-refractivity contribution in [3.8, 4) is 0 Å². The number of hydrogen-bond acceptors (Lipinski definition) is 1. The van der Waals surface area contributed by atoms with E-state index in [1.807, 2.05) is 42.3 Å². The first-order valence-corrected chi connectivity index (χ1v) is 14.0. The zero-order chi connectivity index (χ0) is 14.8. The maximum Gasteiger partial charge on any atom is 0.253 e. The summed E-state index contributed by atoms with van der Waals surface area (Å²) in [4.78, 5) is 14.7. The molecule has 0 fully saturated rings. The van der Waals surface area contributed by atoms with Crippen LogP contribution in [0.25, 0.3) is 0 Å². The van der Waals surface area contributed by atoms with Gasteiger partial charge in [0.15, 0.2) is 0 Å². The lowest BCUT2D eigenvalue weighted by atomic mass is 10.2. The first-order valence-electron chi connectivity index (χ1n) is 6.87. The van der Waals surface area contributed by atoms with Crippen molar-refractivity contribution in [2.45, 2.75) is 44.6 Å². The zero-order valence-corrected chi connectivity index (χ0v) is 15.3. The highest BCUT2D eigenvalue weighted by Gasteiger charge is 2.42. The molecule has 106 valence electrons. The van der Waals surface area contributed by atoms with E-state index in [4.69, 9.17) is 0 Å². The van der Waals surface area contributed by atoms with Gasteiger partial charge in [0, 0.05) is 17.9 Å². The Hall–Kier alpha value is -0.876. The van der Waals surface area contributed by atoms with Crippen LogP contribution in [0.2, 0.25) is 39.3 Å². The van der Waals surface area contributed by atoms with Crippen LogP contribution in [0.3, 0.4) is 0 Å². The lowest BCUT2D eigenvalue weighted by Crippen LogP contribution is -2.63. The van der Waals surface area contributed by atoms with Gasteiger partial charge in [-0.15, -0.1) is 0 Å². The maximum absolute atomic E-state index is 12.6. The molecule has 1 aromatic rings. The summed E-state index contributed by atoms with van der Waals surface area (Å²) in [5.74, 6) is 0.162. The second-order valence-corrected chi connectivity index (χ2v) is 18.6. The zero-order valence-electron chi connectivity index (χ0n) is 13.3. The van der Waals surface area contributed by atoms with E-state index in [9.17, 15) is 4.79 Å². The fraction of sp³-hybridized carbons (Fsp3) is 0.533. The van der Waals surface area contributed by atoms with Crippen molar-refractivity contribution in [2.24, 2.45) is 0 Å². The number of benzene rings is 1. The number of carbonyl (C=O) groups excluding carboxylic acids is 1. The third kappa shape index (κ3) is 4.04. The van der Waals surface area contributed by atoms with Gasteiger partial charge in [0.1, 0.15) is 0 Å². The largest absolute Gasteiger partial charge is 0.345 e. The summed E-state index contributed by atoms with van der Waals surface area (Å²) < 4.78 is 0. The van der Waals surface area contributed by atoms with Gasteiger partial charge in [-0.3, -0.25) is 4.79 Å². The normalized spacial score (nSPS) is 12.6. The van der Waals surface area contributed by atoms with Gasteiger partial charge in [0.2, 0.25) is 0 Å². The number of hydrogen-bond donors (Lipinski definition) is 0. The van der Waals surface area contributed by atoms with Crippen LogP contribution < -0.4 is 0 Å². The van der Waals surface area contributed by atoms with Gasteiger partial charge in [-0.1, -0.05) is 57.5 Å². The van der Waals surface area contributed by atoms with Gasteiger partial charge in [0.05, 0.1) is 16.1 Å². The topological polar surface area (TPSA) is 20.3 Å². The van der Waals surface area contributed by atoms with Crippen molar-refractivity contribution < 1.29 is 4.79 Å². The Labute approximate surface area is 119 Å². The van der Waals surface area contributed by atoms with Gasteiger partial charge < -0.3 is 4.90 Å². The molecule has 0 saturated carbocycles. The lowest BCUT2D eigenvalue weighted by Gasteiger charge is -2.44. The molecule has 0 aliphatic rings. The van der Waals surface area contributed by atoms with E-state index in [0.29, 0.717) is 5.29 Å². The van der Waals surface area contributed by atoms with Gasteiger partial charge in [-0.2, -0.15) is 0 Å². The minimum Gasteiger partial charge on any atom is -0.345 e. The first-order chi connectivity index (χ1) is 8.55. The molecule has 0 radical (unpaired) electrons. The van der Waals surface area contributed by atoms with E-state index in [0.717, 1.165) is 5.56 Å². The Morgan fingerprint density at radius 3 is 1.74 bits per heavy atom. The fourth-order valence-corrected chi connectivity index (χ4v) is 16.3. The maximum atomic E-state index is 12.6. The molecule has 4 heteroatoms. The summed E-state index contributed by atoms with van der Waals surface area (Å²) >= 11 is 0. The molecule has 0 N–H and O–H groups in total. The van der Waals surface area contributed by atoms with E-state index in [2.05, 4.69) is 39.3 Å². The molecule has 0 atom stereocenters. The number of rotatable bonds is 4. The monoisotopic (exact) mass is 293 g/mol. The summed E-state index contributed by atoms with van der Waals surface area (Å²) in [6.07, 6.45) is 0. The molecule has 0 heterocycles. The van der Waals surface area contributed by atoms with Crippen molar-refractivity contribution in [1.82, 2.24) is 4.90 Å². The highest BCUT2D eigenvalue weighted by Crippen LogP contribution is 2.25. The number of carbonyl (C=O) groups is 1. The van der Waals surface area contributed by atoms with Crippen LogP contribution in [0.5, 0.6) is 0 Å². The third-order valence-corrected chi connectivity index (χ3v) is 12.6. The summed E-state index contributed by atoms with van der Waals surface area (Å²) in [6.45, 7) is 14.2. The predicted octanol–water partition coefficient (Wildman–Crippen LogP) is 3.88. The number of nitrogens with zero attached hydrogens (tertiary/aromatic N) is 1. The summed E-state index contributed by atoms with van der Waals surface area (Å²) in [5.41, 5.74) is 0.798. The van der Waals surface area contributed by atoms with E-state index in [1.54, 1.807) is 0 Å². The van der Waals surface area contributed by atoms with Gasteiger partial charge in [0.25, 0.3) is 5.91 Å². The average Bonchev–Trinajstić information content (AvgIpc) is 2.25. The quantitative estimate of drug-likeness (QED) is 0.771. The lowest BCUT2D eigenvalue weighted by molar-refractivity contribution is 0.0797. The Balaban J connectivity index is 3.09. The second-order valence-electron chi connectivity index (χ2n) is 7.42. The van der Waals surface area contributed by atoms with Crippen LogP contribution in [0.1, 0.15) is 10.4 Å². The third-order valence-electron chi connectivity index (χ3n) is 3.37. The molecule has 0 bridgehead atoms. The molecule has 0 aromatic heterocycles. The van der Waals surface area contributed by atoms with Crippen LogP contribution in [-0.2, 0) is 0 Å². The molecular weight excluding hydrogens is 266 g/mol. The van der Waals surface area contributed by atoms with Crippen molar-refractivity contribution in [2.75, 3.05) is 7.05 Å². The van der Waals surface area contributed by atoms with Gasteiger partial charge >= 0.3 is 0 Å². The molecule has 0 unspecified atom stereocenters. The highest BCUT2D eigenvalue weighted by atomic mass is 28.4. The van der Waals surface area contributed by atoms with E-state index in [1.165, 1.54) is 0 Å². The molecule has 0 saturated heterocycles. The summed E-state index contributed by atoms with van der Waals surface area (Å²) in [5, 5.41) is 0.452. The predicted molar refractivity (Wildman–Crippen MR) is 89.0 cm³/mol. The Kier molecular flexibility index (Phi) is 4.79. The minimum absolute atomic E-state index is 0.162. The van der Waals surface area contributed by atoms with Gasteiger partial charge in [-0.05, 0) is 12.1 Å². The Morgan fingerprint density at radius 1 is 0.947 bits per heavy atom. The van der Waals surface area contributed by atoms with Crippen LogP contribution in [0.15, 0.2) is 30.3 Å². The van der Waals surface area contributed by atoms with Crippen molar-refractivity contribution >= 4 is 22.1 Å². The molecule has 0 aliphatic carbocycles. The SMILES string of the molecule is CN(C(=O)c1ccccc1)C([Si](C)(C)C)[Si](C)(C)C. The molecule has 0 aliphatic heterocycles. The Bertz CT molecular complexity index is 418. The minimum atomic E-state index is -1.41. The highest BCUT2D eigenvalue weighted by molar-refractivity contribution is 6.96. The van der Waals surface area contributed by atoms with Crippen LogP contribution in [0.4, 0.5) is 0 Å². The van der Waals surface area contributed by atoms with Crippen molar-refractivity contribution in [3.05, 3.63) is 35.9 Å². The van der Waals surface area contributed by atoms with E-state index in [-0.39, 0.29) is 5.91 Å². The molecular formula is C15H27NOSi2. The van der Waals surface area contributed by atoms with Crippen molar-refractivity contribution in [1.29, 1.82) is 0 Å². The standard InChI is InChI=1S/C15H27NOSi2/c1-16(14(17)13-11-9-8-10-12-13)15(18(2,3)4)19(5,6)7/h8-12,15H,1-7H3. The number of amides is 1. The smallest absolute Gasteiger partial charge is 0.253 e. The van der Waals surface area contributed by atoms with Gasteiger partial charge in [-0.25, -0.2) is 0 Å². The average molecular weight is 294 g/mol. The first kappa shape index (κ1) is 16.2. The van der Waals surface area contributed by atoms with Crippen molar-refractivity contribution in [3.63, 3.8) is 0 Å².